The van der Waals surface area contributed by atoms with E-state index in [-0.39, 0.29) is 17.9 Å². The van der Waals surface area contributed by atoms with Gasteiger partial charge in [0.2, 0.25) is 5.91 Å². The van der Waals surface area contributed by atoms with E-state index < -0.39 is 6.04 Å². The Bertz CT molecular complexity index is 629. The summed E-state index contributed by atoms with van der Waals surface area (Å²) in [5.74, 6) is -0.199. The lowest BCUT2D eigenvalue weighted by atomic mass is 10.1. The topological polar surface area (TPSA) is 61.9 Å². The second kappa shape index (κ2) is 10.3. The molecule has 0 radical (unpaired) electrons. The summed E-state index contributed by atoms with van der Waals surface area (Å²) in [5.41, 5.74) is 1.63. The molecule has 0 aliphatic carbocycles. The molecule has 0 saturated heterocycles. The van der Waals surface area contributed by atoms with Crippen molar-refractivity contribution in [3.63, 3.8) is 0 Å². The molecule has 0 saturated carbocycles. The summed E-state index contributed by atoms with van der Waals surface area (Å²) in [6.07, 6.45) is 2.55. The van der Waals surface area contributed by atoms with Gasteiger partial charge in [0, 0.05) is 6.04 Å². The Labute approximate surface area is 162 Å². The van der Waals surface area contributed by atoms with E-state index in [1.54, 1.807) is 6.92 Å². The van der Waals surface area contributed by atoms with Gasteiger partial charge < -0.3 is 15.0 Å². The summed E-state index contributed by atoms with van der Waals surface area (Å²) in [4.78, 5) is 29.6. The summed E-state index contributed by atoms with van der Waals surface area (Å²) in [6.45, 7) is 10.6. The van der Waals surface area contributed by atoms with E-state index in [9.17, 15) is 9.59 Å². The van der Waals surface area contributed by atoms with Gasteiger partial charge in [0.1, 0.15) is 6.04 Å². The Kier molecular flexibility index (Phi) is 8.10. The summed E-state index contributed by atoms with van der Waals surface area (Å²) < 4.78 is 5.21. The molecule has 1 heterocycles. The molecule has 0 aromatic heterocycles. The smallest absolute Gasteiger partial charge is 0.328 e. The maximum Gasteiger partial charge on any atom is 0.328 e. The number of hydrogen-bond acceptors (Lipinski definition) is 5. The zero-order valence-corrected chi connectivity index (χ0v) is 17.0. The molecule has 1 aliphatic heterocycles. The van der Waals surface area contributed by atoms with Crippen LogP contribution in [0.3, 0.4) is 0 Å². The third-order valence-electron chi connectivity index (χ3n) is 4.79. The van der Waals surface area contributed by atoms with E-state index in [1.165, 1.54) is 0 Å². The van der Waals surface area contributed by atoms with Crippen LogP contribution in [0.4, 0.5) is 11.4 Å². The lowest BCUT2D eigenvalue weighted by Crippen LogP contribution is -2.46. The number of benzene rings is 1. The van der Waals surface area contributed by atoms with Crippen molar-refractivity contribution in [3.05, 3.63) is 24.3 Å². The van der Waals surface area contributed by atoms with Crippen molar-refractivity contribution in [2.75, 3.05) is 36.5 Å². The van der Waals surface area contributed by atoms with Crippen LogP contribution in [-0.4, -0.2) is 55.1 Å². The Morgan fingerprint density at radius 1 is 1.19 bits per heavy atom. The molecule has 1 aliphatic rings. The third kappa shape index (κ3) is 5.45. The highest BCUT2D eigenvalue weighted by Gasteiger charge is 2.34. The lowest BCUT2D eigenvalue weighted by Gasteiger charge is -2.31. The van der Waals surface area contributed by atoms with E-state index in [0.717, 1.165) is 37.3 Å². The highest BCUT2D eigenvalue weighted by Crippen LogP contribution is 2.33. The summed E-state index contributed by atoms with van der Waals surface area (Å²) in [5, 5.41) is 3.28. The number of rotatable bonds is 8. The maximum absolute atomic E-state index is 13.2. The fourth-order valence-corrected chi connectivity index (χ4v) is 3.68. The molecule has 1 N–H and O–H groups in total. The highest BCUT2D eigenvalue weighted by molar-refractivity contribution is 5.99. The maximum atomic E-state index is 13.2. The predicted octanol–water partition coefficient (Wildman–Crippen LogP) is 3.28. The van der Waals surface area contributed by atoms with E-state index in [4.69, 9.17) is 4.74 Å². The van der Waals surface area contributed by atoms with Gasteiger partial charge >= 0.3 is 5.97 Å². The summed E-state index contributed by atoms with van der Waals surface area (Å²) in [7, 11) is 0. The molecule has 150 valence electrons. The first kappa shape index (κ1) is 21.2. The minimum absolute atomic E-state index is 0.0724. The molecular weight excluding hydrogens is 342 g/mol. The Balaban J connectivity index is 2.27. The van der Waals surface area contributed by atoms with E-state index in [2.05, 4.69) is 24.1 Å². The van der Waals surface area contributed by atoms with Gasteiger partial charge in [-0.05, 0) is 58.3 Å². The number of carbonyl (C=O) groups excluding carboxylic acids is 2. The first-order chi connectivity index (χ1) is 13.0. The molecule has 6 heteroatoms. The van der Waals surface area contributed by atoms with Crippen molar-refractivity contribution >= 4 is 23.3 Å². The van der Waals surface area contributed by atoms with Gasteiger partial charge in [0.25, 0.3) is 0 Å². The Hall–Kier alpha value is -2.08. The number of amides is 1. The molecule has 0 spiro atoms. The minimum Gasteiger partial charge on any atom is -0.464 e. The van der Waals surface area contributed by atoms with Gasteiger partial charge in [-0.25, -0.2) is 4.79 Å². The zero-order valence-electron chi connectivity index (χ0n) is 17.0. The van der Waals surface area contributed by atoms with Crippen molar-refractivity contribution in [2.45, 2.75) is 59.0 Å². The molecule has 0 bridgehead atoms. The zero-order chi connectivity index (χ0) is 19.8. The van der Waals surface area contributed by atoms with E-state index >= 15 is 0 Å². The second-order valence-corrected chi connectivity index (χ2v) is 7.09. The largest absolute Gasteiger partial charge is 0.464 e. The molecule has 1 amide bonds. The lowest BCUT2D eigenvalue weighted by molar-refractivity contribution is -0.144. The number of esters is 1. The number of nitrogens with one attached hydrogen (secondary N) is 1. The highest BCUT2D eigenvalue weighted by atomic mass is 16.5. The Morgan fingerprint density at radius 3 is 2.48 bits per heavy atom. The van der Waals surface area contributed by atoms with Gasteiger partial charge in [-0.2, -0.15) is 0 Å². The van der Waals surface area contributed by atoms with Crippen LogP contribution in [0.2, 0.25) is 0 Å². The molecule has 1 aromatic carbocycles. The van der Waals surface area contributed by atoms with Gasteiger partial charge in [0.15, 0.2) is 0 Å². The standard InChI is InChI=1S/C21H33N3O3/c1-5-12-23(13-6-2)15-20(25)24-16(4)14-18(21(26)27-7-3)22-17-10-8-9-11-19(17)24/h8-11,16,18,22H,5-7,12-15H2,1-4H3. The van der Waals surface area contributed by atoms with Crippen molar-refractivity contribution in [1.29, 1.82) is 0 Å². The second-order valence-electron chi connectivity index (χ2n) is 7.09. The first-order valence-corrected chi connectivity index (χ1v) is 10.1. The van der Waals surface area contributed by atoms with Crippen molar-refractivity contribution < 1.29 is 14.3 Å². The number of ether oxygens (including phenoxy) is 1. The van der Waals surface area contributed by atoms with Crippen LogP contribution in [0.1, 0.15) is 47.0 Å². The number of carbonyl (C=O) groups is 2. The van der Waals surface area contributed by atoms with Crippen LogP contribution in [0.5, 0.6) is 0 Å². The molecular formula is C21H33N3O3. The molecule has 0 fully saturated rings. The fraction of sp³-hybridized carbons (Fsp3) is 0.619. The number of hydrogen-bond donors (Lipinski definition) is 1. The van der Waals surface area contributed by atoms with Gasteiger partial charge in [-0.1, -0.05) is 26.0 Å². The van der Waals surface area contributed by atoms with Crippen LogP contribution in [-0.2, 0) is 14.3 Å². The molecule has 2 rings (SSSR count). The molecule has 1 aromatic rings. The molecule has 2 atom stereocenters. The number of anilines is 2. The number of fused-ring (bicyclic) bond motifs is 1. The quantitative estimate of drug-likeness (QED) is 0.707. The van der Waals surface area contributed by atoms with Crippen LogP contribution in [0.25, 0.3) is 0 Å². The van der Waals surface area contributed by atoms with Crippen LogP contribution < -0.4 is 10.2 Å². The molecule has 6 nitrogen and oxygen atoms in total. The SMILES string of the molecule is CCCN(CCC)CC(=O)N1c2ccccc2NC(C(=O)OCC)CC1C. The number of nitrogens with zero attached hydrogens (tertiary/aromatic N) is 2. The van der Waals surface area contributed by atoms with E-state index in [1.807, 2.05) is 36.1 Å². The average Bonchev–Trinajstić information content (AvgIpc) is 2.78. The first-order valence-electron chi connectivity index (χ1n) is 10.1. The van der Waals surface area contributed by atoms with E-state index in [0.29, 0.717) is 19.6 Å². The monoisotopic (exact) mass is 375 g/mol. The molecule has 2 unspecified atom stereocenters. The van der Waals surface area contributed by atoms with Crippen molar-refractivity contribution in [3.8, 4) is 0 Å². The van der Waals surface area contributed by atoms with Crippen molar-refractivity contribution in [2.24, 2.45) is 0 Å². The van der Waals surface area contributed by atoms with Crippen molar-refractivity contribution in [1.82, 2.24) is 4.90 Å². The number of para-hydroxylation sites is 2. The predicted molar refractivity (Wildman–Crippen MR) is 109 cm³/mol. The van der Waals surface area contributed by atoms with Gasteiger partial charge in [-0.3, -0.25) is 9.69 Å². The van der Waals surface area contributed by atoms with Gasteiger partial charge in [-0.15, -0.1) is 0 Å². The normalized spacial score (nSPS) is 19.2. The van der Waals surface area contributed by atoms with Crippen LogP contribution in [0.15, 0.2) is 24.3 Å². The Morgan fingerprint density at radius 2 is 1.85 bits per heavy atom. The third-order valence-corrected chi connectivity index (χ3v) is 4.79. The van der Waals surface area contributed by atoms with Gasteiger partial charge in [0.05, 0.1) is 24.5 Å². The average molecular weight is 376 g/mol. The molecule has 27 heavy (non-hydrogen) atoms. The summed E-state index contributed by atoms with van der Waals surface area (Å²) >= 11 is 0. The fourth-order valence-electron chi connectivity index (χ4n) is 3.68. The van der Waals surface area contributed by atoms with Crippen LogP contribution in [0, 0.1) is 0 Å². The minimum atomic E-state index is -0.457. The summed E-state index contributed by atoms with van der Waals surface area (Å²) in [6, 6.07) is 7.13. The van der Waals surface area contributed by atoms with Crippen LogP contribution >= 0.6 is 0 Å².